The van der Waals surface area contributed by atoms with Crippen molar-refractivity contribution in [2.75, 3.05) is 13.1 Å². The summed E-state index contributed by atoms with van der Waals surface area (Å²) in [6.07, 6.45) is 4.06. The highest BCUT2D eigenvalue weighted by atomic mass is 35.5. The van der Waals surface area contributed by atoms with Crippen LogP contribution in [0.15, 0.2) is 59.9 Å². The van der Waals surface area contributed by atoms with Crippen molar-refractivity contribution in [3.8, 4) is 34.4 Å². The fourth-order valence-electron chi connectivity index (χ4n) is 6.57. The van der Waals surface area contributed by atoms with Crippen molar-refractivity contribution in [1.82, 2.24) is 33.6 Å². The molecule has 5 heterocycles. The molecule has 0 bridgehead atoms. The molecule has 0 radical (unpaired) electrons. The van der Waals surface area contributed by atoms with E-state index in [0.717, 1.165) is 53.6 Å². The second kappa shape index (κ2) is 10.3. The van der Waals surface area contributed by atoms with Crippen molar-refractivity contribution in [3.05, 3.63) is 87.4 Å². The van der Waals surface area contributed by atoms with Gasteiger partial charge in [-0.15, -0.1) is 10.2 Å². The molecule has 1 aliphatic heterocycles. The van der Waals surface area contributed by atoms with Crippen LogP contribution in [0.4, 0.5) is 13.2 Å². The summed E-state index contributed by atoms with van der Waals surface area (Å²) >= 11 is 6.43. The summed E-state index contributed by atoms with van der Waals surface area (Å²) in [6, 6.07) is 11.4. The monoisotopic (exact) mass is 618 g/mol. The number of pyridine rings is 2. The number of aromatic nitrogens is 6. The zero-order valence-corrected chi connectivity index (χ0v) is 24.4. The molecule has 0 unspecified atom stereocenters. The SMILES string of the molecule is Cn1cnnc1-c1ccc(C#N)cc1-c1cc(Cl)nc(-n2cc3c(C(F)(F)F)cc(CN4CCC5(CCC5)C4)cn3c2=O)c1. The number of nitrogens with zero attached hydrogens (tertiary/aromatic N) is 8. The first-order valence-electron chi connectivity index (χ1n) is 14.2. The minimum Gasteiger partial charge on any atom is -0.317 e. The van der Waals surface area contributed by atoms with E-state index < -0.39 is 17.4 Å². The van der Waals surface area contributed by atoms with E-state index in [1.807, 2.05) is 0 Å². The Kier molecular flexibility index (Phi) is 6.64. The predicted molar refractivity (Wildman–Crippen MR) is 157 cm³/mol. The first-order valence-corrected chi connectivity index (χ1v) is 14.5. The molecule has 1 aromatic carbocycles. The number of benzene rings is 1. The highest BCUT2D eigenvalue weighted by molar-refractivity contribution is 6.29. The van der Waals surface area contributed by atoms with E-state index in [0.29, 0.717) is 45.6 Å². The van der Waals surface area contributed by atoms with Gasteiger partial charge in [0, 0.05) is 38.1 Å². The van der Waals surface area contributed by atoms with Gasteiger partial charge in [0.15, 0.2) is 5.82 Å². The van der Waals surface area contributed by atoms with Crippen molar-refractivity contribution in [1.29, 1.82) is 5.26 Å². The first-order chi connectivity index (χ1) is 21.0. The molecular formula is C31H26ClF3N8O. The van der Waals surface area contributed by atoms with Gasteiger partial charge in [-0.05, 0) is 84.3 Å². The Bertz CT molecular complexity index is 2030. The number of hydrogen-bond donors (Lipinski definition) is 0. The van der Waals surface area contributed by atoms with Gasteiger partial charge in [-0.3, -0.25) is 13.9 Å². The number of aryl methyl sites for hydroxylation is 1. The molecule has 1 saturated heterocycles. The standard InChI is InChI=1S/C31H26ClF3N8O/c1-40-18-37-39-28(40)22-4-3-19(13-36)9-23(22)21-11-26(32)38-27(12-21)43-16-25-24(31(33,34)35)10-20(15-42(25)29(43)44)14-41-8-7-30(17-41)5-2-6-30/h3-4,9-12,15-16,18H,2,5-8,14,17H2,1H3. The van der Waals surface area contributed by atoms with Gasteiger partial charge in [0.1, 0.15) is 17.3 Å². The third-order valence-corrected chi connectivity index (χ3v) is 9.10. The molecule has 224 valence electrons. The Labute approximate surface area is 254 Å². The second-order valence-electron chi connectivity index (χ2n) is 11.8. The Morgan fingerprint density at radius 2 is 1.91 bits per heavy atom. The van der Waals surface area contributed by atoms with E-state index >= 15 is 0 Å². The van der Waals surface area contributed by atoms with Gasteiger partial charge < -0.3 is 4.57 Å². The van der Waals surface area contributed by atoms with Crippen LogP contribution >= 0.6 is 11.6 Å². The lowest BCUT2D eigenvalue weighted by molar-refractivity contribution is -0.136. The molecule has 2 fully saturated rings. The molecule has 44 heavy (non-hydrogen) atoms. The van der Waals surface area contributed by atoms with Crippen molar-refractivity contribution < 1.29 is 13.2 Å². The lowest BCUT2D eigenvalue weighted by Gasteiger charge is -2.38. The van der Waals surface area contributed by atoms with Gasteiger partial charge in [-0.2, -0.15) is 18.4 Å². The smallest absolute Gasteiger partial charge is 0.317 e. The summed E-state index contributed by atoms with van der Waals surface area (Å²) in [5.74, 6) is 0.558. The molecule has 1 spiro atoms. The zero-order valence-electron chi connectivity index (χ0n) is 23.6. The van der Waals surface area contributed by atoms with Gasteiger partial charge in [0.05, 0.1) is 22.7 Å². The van der Waals surface area contributed by atoms with Gasteiger partial charge in [0.25, 0.3) is 0 Å². The van der Waals surface area contributed by atoms with Crippen molar-refractivity contribution in [3.63, 3.8) is 0 Å². The molecule has 0 N–H and O–H groups in total. The predicted octanol–water partition coefficient (Wildman–Crippen LogP) is 5.87. The summed E-state index contributed by atoms with van der Waals surface area (Å²) in [6.45, 7) is 2.02. The van der Waals surface area contributed by atoms with E-state index in [4.69, 9.17) is 11.6 Å². The maximum absolute atomic E-state index is 14.4. The molecule has 2 aliphatic rings. The maximum Gasteiger partial charge on any atom is 0.418 e. The molecule has 4 aromatic heterocycles. The average Bonchev–Trinajstić information content (AvgIpc) is 3.69. The highest BCUT2D eigenvalue weighted by Gasteiger charge is 2.42. The number of halogens is 4. The van der Waals surface area contributed by atoms with Gasteiger partial charge >= 0.3 is 11.9 Å². The molecule has 13 heteroatoms. The maximum atomic E-state index is 14.4. The van der Waals surface area contributed by atoms with E-state index in [1.54, 1.807) is 41.9 Å². The van der Waals surface area contributed by atoms with Crippen molar-refractivity contribution >= 4 is 17.1 Å². The topological polar surface area (TPSA) is 97.0 Å². The van der Waals surface area contributed by atoms with Gasteiger partial charge in [0.2, 0.25) is 0 Å². The Hall–Kier alpha value is -4.47. The fraction of sp³-hybridized carbons (Fsp3) is 0.323. The van der Waals surface area contributed by atoms with Crippen LogP contribution in [0.1, 0.15) is 42.4 Å². The number of rotatable bonds is 5. The molecule has 7 rings (SSSR count). The Balaban J connectivity index is 1.34. The van der Waals surface area contributed by atoms with E-state index in [-0.39, 0.29) is 16.5 Å². The number of nitriles is 1. The van der Waals surface area contributed by atoms with E-state index in [2.05, 4.69) is 26.2 Å². The largest absolute Gasteiger partial charge is 0.418 e. The number of imidazole rings is 1. The summed E-state index contributed by atoms with van der Waals surface area (Å²) in [5, 5.41) is 17.7. The van der Waals surface area contributed by atoms with Crippen molar-refractivity contribution in [2.45, 2.75) is 38.4 Å². The molecule has 0 atom stereocenters. The average molecular weight is 619 g/mol. The van der Waals surface area contributed by atoms with Crippen LogP contribution in [0.2, 0.25) is 5.15 Å². The zero-order chi connectivity index (χ0) is 30.8. The number of likely N-dealkylation sites (tertiary alicyclic amines) is 1. The molecule has 1 saturated carbocycles. The van der Waals surface area contributed by atoms with Crippen LogP contribution in [-0.4, -0.2) is 46.7 Å². The van der Waals surface area contributed by atoms with Gasteiger partial charge in [-0.1, -0.05) is 18.0 Å². The minimum atomic E-state index is -4.68. The van der Waals surface area contributed by atoms with Crippen LogP contribution in [-0.2, 0) is 19.8 Å². The molecule has 1 aliphatic carbocycles. The normalized spacial score (nSPS) is 16.5. The van der Waals surface area contributed by atoms with Crippen LogP contribution in [0.3, 0.4) is 0 Å². The lowest BCUT2D eigenvalue weighted by Crippen LogP contribution is -2.33. The highest BCUT2D eigenvalue weighted by Crippen LogP contribution is 2.48. The minimum absolute atomic E-state index is 0.0154. The lowest BCUT2D eigenvalue weighted by atomic mass is 9.68. The van der Waals surface area contributed by atoms with E-state index in [1.165, 1.54) is 18.9 Å². The Morgan fingerprint density at radius 3 is 2.57 bits per heavy atom. The molecule has 5 aromatic rings. The summed E-state index contributed by atoms with van der Waals surface area (Å²) < 4.78 is 46.9. The first kappa shape index (κ1) is 28.3. The van der Waals surface area contributed by atoms with Crippen LogP contribution in [0.25, 0.3) is 33.8 Å². The molecule has 0 amide bonds. The number of fused-ring (bicyclic) bond motifs is 1. The van der Waals surface area contributed by atoms with Crippen LogP contribution < -0.4 is 5.69 Å². The third kappa shape index (κ3) is 4.86. The summed E-state index contributed by atoms with van der Waals surface area (Å²) in [7, 11) is 1.77. The van der Waals surface area contributed by atoms with Crippen LogP contribution in [0, 0.1) is 16.7 Å². The fourth-order valence-corrected chi connectivity index (χ4v) is 6.77. The van der Waals surface area contributed by atoms with Crippen LogP contribution in [0.5, 0.6) is 0 Å². The number of alkyl halides is 3. The summed E-state index contributed by atoms with van der Waals surface area (Å²) in [5.41, 5.74) is 0.911. The third-order valence-electron chi connectivity index (χ3n) is 8.91. The molecule has 9 nitrogen and oxygen atoms in total. The number of hydrogen-bond acceptors (Lipinski definition) is 6. The quantitative estimate of drug-likeness (QED) is 0.229. The summed E-state index contributed by atoms with van der Waals surface area (Å²) in [4.78, 5) is 20.2. The molecular weight excluding hydrogens is 593 g/mol. The Morgan fingerprint density at radius 1 is 1.09 bits per heavy atom. The van der Waals surface area contributed by atoms with Gasteiger partial charge in [-0.25, -0.2) is 9.78 Å². The van der Waals surface area contributed by atoms with Crippen molar-refractivity contribution in [2.24, 2.45) is 12.5 Å². The van der Waals surface area contributed by atoms with E-state index in [9.17, 15) is 23.2 Å². The second-order valence-corrected chi connectivity index (χ2v) is 12.2.